The van der Waals surface area contributed by atoms with E-state index in [9.17, 15) is 0 Å². The molecule has 0 saturated heterocycles. The highest BCUT2D eigenvalue weighted by Gasteiger charge is 2.22. The van der Waals surface area contributed by atoms with Crippen LogP contribution in [0.15, 0.2) is 36.4 Å². The van der Waals surface area contributed by atoms with Gasteiger partial charge in [0.15, 0.2) is 0 Å². The van der Waals surface area contributed by atoms with Crippen molar-refractivity contribution in [1.82, 2.24) is 4.98 Å². The molecule has 1 heteroatoms. The molecule has 1 N–H and O–H groups in total. The smallest absolute Gasteiger partial charge is 0.0503 e. The Bertz CT molecular complexity index is 778. The average molecular weight is 233 g/mol. The lowest BCUT2D eigenvalue weighted by atomic mass is 10.1. The second-order valence-corrected chi connectivity index (χ2v) is 5.36. The number of hydrogen-bond acceptors (Lipinski definition) is 0. The van der Waals surface area contributed by atoms with Crippen molar-refractivity contribution >= 4 is 10.9 Å². The second-order valence-electron chi connectivity index (χ2n) is 5.36. The summed E-state index contributed by atoms with van der Waals surface area (Å²) in [5.74, 6) is 0. The molecule has 0 fully saturated rings. The van der Waals surface area contributed by atoms with E-state index in [0.717, 1.165) is 6.42 Å². The van der Waals surface area contributed by atoms with Crippen molar-refractivity contribution in [3.8, 4) is 11.3 Å². The maximum absolute atomic E-state index is 3.58. The van der Waals surface area contributed by atoms with Crippen LogP contribution in [-0.2, 0) is 6.42 Å². The van der Waals surface area contributed by atoms with Crippen LogP contribution in [0.4, 0.5) is 0 Å². The van der Waals surface area contributed by atoms with Crippen LogP contribution >= 0.6 is 0 Å². The molecule has 0 bridgehead atoms. The number of fused-ring (bicyclic) bond motifs is 5. The molecule has 0 spiro atoms. The van der Waals surface area contributed by atoms with E-state index in [-0.39, 0.29) is 0 Å². The normalized spacial score (nSPS) is 12.8. The molecule has 4 rings (SSSR count). The molecule has 2 aromatic carbocycles. The molecule has 88 valence electrons. The van der Waals surface area contributed by atoms with Crippen LogP contribution in [0.1, 0.15) is 22.3 Å². The number of aryl methyl sites for hydroxylation is 2. The van der Waals surface area contributed by atoms with Crippen LogP contribution < -0.4 is 0 Å². The zero-order chi connectivity index (χ0) is 12.3. The lowest BCUT2D eigenvalue weighted by molar-refractivity contribution is 1.27. The number of H-pyrrole nitrogens is 1. The summed E-state index contributed by atoms with van der Waals surface area (Å²) in [6, 6.07) is 13.4. The number of nitrogens with one attached hydrogen (secondary N) is 1. The van der Waals surface area contributed by atoms with Gasteiger partial charge in [-0.15, -0.1) is 0 Å². The van der Waals surface area contributed by atoms with Crippen molar-refractivity contribution in [2.24, 2.45) is 0 Å². The largest absolute Gasteiger partial charge is 0.354 e. The fourth-order valence-electron chi connectivity index (χ4n) is 3.08. The lowest BCUT2D eigenvalue weighted by Gasteiger charge is -2.01. The monoisotopic (exact) mass is 233 g/mol. The Hall–Kier alpha value is -2.02. The average Bonchev–Trinajstić information content (AvgIpc) is 2.84. The topological polar surface area (TPSA) is 15.8 Å². The van der Waals surface area contributed by atoms with Crippen LogP contribution in [0.25, 0.3) is 22.2 Å². The lowest BCUT2D eigenvalue weighted by Crippen LogP contribution is -1.84. The van der Waals surface area contributed by atoms with E-state index < -0.39 is 0 Å². The first-order valence-corrected chi connectivity index (χ1v) is 6.43. The third kappa shape index (κ3) is 1.22. The Morgan fingerprint density at radius 2 is 1.72 bits per heavy atom. The summed E-state index contributed by atoms with van der Waals surface area (Å²) >= 11 is 0. The molecule has 1 nitrogen and oxygen atoms in total. The van der Waals surface area contributed by atoms with Gasteiger partial charge >= 0.3 is 0 Å². The van der Waals surface area contributed by atoms with E-state index in [1.54, 1.807) is 0 Å². The number of benzene rings is 2. The predicted octanol–water partition coefficient (Wildman–Crippen LogP) is 4.36. The van der Waals surface area contributed by atoms with Crippen molar-refractivity contribution in [2.45, 2.75) is 20.3 Å². The SMILES string of the molecule is Cc1ccc2c(c1)Cc1c-2[nH]c2ccc(C)cc12. The molecule has 0 unspecified atom stereocenters. The van der Waals surface area contributed by atoms with Gasteiger partial charge in [0.2, 0.25) is 0 Å². The molecule has 1 aliphatic rings. The third-order valence-electron chi connectivity index (χ3n) is 3.96. The van der Waals surface area contributed by atoms with Gasteiger partial charge in [-0.2, -0.15) is 0 Å². The first-order valence-electron chi connectivity index (χ1n) is 6.43. The Morgan fingerprint density at radius 3 is 2.61 bits per heavy atom. The van der Waals surface area contributed by atoms with Crippen LogP contribution in [0, 0.1) is 13.8 Å². The van der Waals surface area contributed by atoms with Crippen molar-refractivity contribution in [2.75, 3.05) is 0 Å². The standard InChI is InChI=1S/C17H15N/c1-10-3-5-13-12(7-10)9-15-14-8-11(2)4-6-16(14)18-17(13)15/h3-8,18H,9H2,1-2H3. The van der Waals surface area contributed by atoms with E-state index in [1.807, 2.05) is 0 Å². The minimum Gasteiger partial charge on any atom is -0.354 e. The van der Waals surface area contributed by atoms with E-state index in [4.69, 9.17) is 0 Å². The van der Waals surface area contributed by atoms with Gasteiger partial charge in [0, 0.05) is 22.9 Å². The summed E-state index contributed by atoms with van der Waals surface area (Å²) in [7, 11) is 0. The number of aromatic amines is 1. The fourth-order valence-corrected chi connectivity index (χ4v) is 3.08. The maximum Gasteiger partial charge on any atom is 0.0503 e. The molecular formula is C17H15N. The summed E-state index contributed by atoms with van der Waals surface area (Å²) in [4.78, 5) is 3.58. The number of hydrogen-bond donors (Lipinski definition) is 1. The Balaban J connectivity index is 2.04. The van der Waals surface area contributed by atoms with Gasteiger partial charge in [-0.1, -0.05) is 35.4 Å². The highest BCUT2D eigenvalue weighted by atomic mass is 14.7. The summed E-state index contributed by atoms with van der Waals surface area (Å²) in [5.41, 5.74) is 9.57. The van der Waals surface area contributed by atoms with Crippen LogP contribution in [0.3, 0.4) is 0 Å². The Labute approximate surface area is 106 Å². The third-order valence-corrected chi connectivity index (χ3v) is 3.96. The van der Waals surface area contributed by atoms with Gasteiger partial charge < -0.3 is 4.98 Å². The van der Waals surface area contributed by atoms with Crippen LogP contribution in [0.2, 0.25) is 0 Å². The zero-order valence-electron chi connectivity index (χ0n) is 10.7. The van der Waals surface area contributed by atoms with Gasteiger partial charge in [-0.25, -0.2) is 0 Å². The molecule has 1 heterocycles. The highest BCUT2D eigenvalue weighted by molar-refractivity contribution is 5.94. The van der Waals surface area contributed by atoms with Gasteiger partial charge in [0.1, 0.15) is 0 Å². The van der Waals surface area contributed by atoms with Crippen molar-refractivity contribution < 1.29 is 0 Å². The number of aromatic nitrogens is 1. The van der Waals surface area contributed by atoms with Crippen molar-refractivity contribution in [3.05, 3.63) is 58.7 Å². The minimum atomic E-state index is 1.07. The van der Waals surface area contributed by atoms with Gasteiger partial charge in [-0.05, 0) is 37.1 Å². The molecule has 1 aliphatic carbocycles. The first-order chi connectivity index (χ1) is 8.72. The van der Waals surface area contributed by atoms with Crippen LogP contribution in [0.5, 0.6) is 0 Å². The Morgan fingerprint density at radius 1 is 0.944 bits per heavy atom. The summed E-state index contributed by atoms with van der Waals surface area (Å²) in [5, 5.41) is 1.39. The number of rotatable bonds is 0. The van der Waals surface area contributed by atoms with E-state index in [2.05, 4.69) is 55.2 Å². The van der Waals surface area contributed by atoms with Gasteiger partial charge in [0.05, 0.1) is 5.69 Å². The minimum absolute atomic E-state index is 1.07. The molecule has 0 aliphatic heterocycles. The van der Waals surface area contributed by atoms with E-state index >= 15 is 0 Å². The molecular weight excluding hydrogens is 218 g/mol. The molecule has 0 saturated carbocycles. The van der Waals surface area contributed by atoms with Gasteiger partial charge in [0.25, 0.3) is 0 Å². The quantitative estimate of drug-likeness (QED) is 0.464. The van der Waals surface area contributed by atoms with Crippen molar-refractivity contribution in [3.63, 3.8) is 0 Å². The Kier molecular flexibility index (Phi) is 1.80. The molecule has 0 atom stereocenters. The molecule has 1 aromatic heterocycles. The fraction of sp³-hybridized carbons (Fsp3) is 0.176. The summed E-state index contributed by atoms with van der Waals surface area (Å²) in [6.45, 7) is 4.32. The van der Waals surface area contributed by atoms with Crippen molar-refractivity contribution in [1.29, 1.82) is 0 Å². The molecule has 3 aromatic rings. The maximum atomic E-state index is 3.58. The predicted molar refractivity (Wildman–Crippen MR) is 76.0 cm³/mol. The van der Waals surface area contributed by atoms with E-state index in [1.165, 1.54) is 44.4 Å². The summed E-state index contributed by atoms with van der Waals surface area (Å²) in [6.07, 6.45) is 1.07. The molecule has 18 heavy (non-hydrogen) atoms. The first kappa shape index (κ1) is 9.95. The van der Waals surface area contributed by atoms with E-state index in [0.29, 0.717) is 0 Å². The molecule has 0 amide bonds. The van der Waals surface area contributed by atoms with Gasteiger partial charge in [-0.3, -0.25) is 0 Å². The second kappa shape index (κ2) is 3.26. The highest BCUT2D eigenvalue weighted by Crippen LogP contribution is 2.40. The van der Waals surface area contributed by atoms with Crippen LogP contribution in [-0.4, -0.2) is 4.98 Å². The molecule has 0 radical (unpaired) electrons. The summed E-state index contributed by atoms with van der Waals surface area (Å²) < 4.78 is 0. The zero-order valence-corrected chi connectivity index (χ0v) is 10.7.